The molecular weight excluding hydrogens is 558 g/mol. The Hall–Kier alpha value is -2.58. The molecule has 1 unspecified atom stereocenters. The number of carbonyl (C=O) groups excluding carboxylic acids is 3. The highest BCUT2D eigenvalue weighted by Gasteiger charge is 2.74. The van der Waals surface area contributed by atoms with E-state index in [2.05, 4.69) is 67.5 Å². The standard InChI is InChI=1S/C35H49N3O4S/c1-23(2)20-25(21-39)38-28-31(42)37(33(6,7)22-32(3,4)5)19-13-17-35(28)27(30(38)41)26-29(40)36(24-14-10-9-11-15-24)18-12-16-34(26,8)43-35/h9-17,23,25-28,39H,18-22H2,1-8H3/t25-,26-,27+,28?,34+,35+/m1/s1. The van der Waals surface area contributed by atoms with Crippen molar-refractivity contribution in [2.24, 2.45) is 23.2 Å². The van der Waals surface area contributed by atoms with Gasteiger partial charge in [0, 0.05) is 29.1 Å². The highest BCUT2D eigenvalue weighted by molar-refractivity contribution is 8.02. The second kappa shape index (κ2) is 11.1. The lowest BCUT2D eigenvalue weighted by Crippen LogP contribution is -2.60. The predicted octanol–water partition coefficient (Wildman–Crippen LogP) is 5.30. The summed E-state index contributed by atoms with van der Waals surface area (Å²) in [6, 6.07) is 8.26. The van der Waals surface area contributed by atoms with Crippen molar-refractivity contribution in [2.75, 3.05) is 24.6 Å². The zero-order valence-electron chi connectivity index (χ0n) is 27.0. The Morgan fingerprint density at radius 1 is 0.930 bits per heavy atom. The van der Waals surface area contributed by atoms with Crippen LogP contribution in [0.2, 0.25) is 0 Å². The maximum absolute atomic E-state index is 15.0. The Bertz CT molecular complexity index is 1320. The largest absolute Gasteiger partial charge is 0.394 e. The lowest BCUT2D eigenvalue weighted by atomic mass is 9.74. The molecule has 0 aliphatic carbocycles. The molecule has 4 heterocycles. The number of hydrogen-bond donors (Lipinski definition) is 1. The number of thioether (sulfide) groups is 1. The summed E-state index contributed by atoms with van der Waals surface area (Å²) in [6.07, 6.45) is 9.60. The first-order valence-electron chi connectivity index (χ1n) is 15.7. The number of rotatable bonds is 7. The van der Waals surface area contributed by atoms with Crippen LogP contribution in [0.3, 0.4) is 0 Å². The molecule has 0 radical (unpaired) electrons. The van der Waals surface area contributed by atoms with Crippen LogP contribution in [-0.4, -0.2) is 79.4 Å². The summed E-state index contributed by atoms with van der Waals surface area (Å²) in [5, 5.41) is 10.7. The first-order valence-corrected chi connectivity index (χ1v) is 16.5. The van der Waals surface area contributed by atoms with Crippen LogP contribution >= 0.6 is 11.8 Å². The number of likely N-dealkylation sites (tertiary alicyclic amines) is 1. The summed E-state index contributed by atoms with van der Waals surface area (Å²) < 4.78 is -1.62. The number of nitrogens with zero attached hydrogens (tertiary/aromatic N) is 3. The molecule has 5 rings (SSSR count). The molecule has 2 fully saturated rings. The fourth-order valence-corrected chi connectivity index (χ4v) is 10.6. The third kappa shape index (κ3) is 5.37. The van der Waals surface area contributed by atoms with Gasteiger partial charge in [-0.2, -0.15) is 0 Å². The Kier molecular flexibility index (Phi) is 8.21. The number of benzene rings is 1. The molecule has 1 aromatic rings. The summed E-state index contributed by atoms with van der Waals surface area (Å²) in [5.41, 5.74) is 0.307. The third-order valence-electron chi connectivity index (χ3n) is 9.60. The van der Waals surface area contributed by atoms with E-state index in [4.69, 9.17) is 0 Å². The number of fused-ring (bicyclic) bond motifs is 2. The highest BCUT2D eigenvalue weighted by Crippen LogP contribution is 2.66. The van der Waals surface area contributed by atoms with Crippen molar-refractivity contribution in [1.29, 1.82) is 0 Å². The number of amides is 3. The molecule has 4 aliphatic heterocycles. The zero-order valence-corrected chi connectivity index (χ0v) is 27.9. The Morgan fingerprint density at radius 3 is 2.19 bits per heavy atom. The van der Waals surface area contributed by atoms with E-state index >= 15 is 0 Å². The number of carbonyl (C=O) groups is 3. The number of aliphatic hydroxyl groups is 1. The van der Waals surface area contributed by atoms with Gasteiger partial charge in [0.1, 0.15) is 6.04 Å². The Labute approximate surface area is 261 Å². The van der Waals surface area contributed by atoms with Crippen LogP contribution in [0.15, 0.2) is 54.6 Å². The van der Waals surface area contributed by atoms with E-state index in [1.807, 2.05) is 47.4 Å². The van der Waals surface area contributed by atoms with Gasteiger partial charge in [-0.05, 0) is 57.1 Å². The molecular formula is C35H49N3O4S. The minimum Gasteiger partial charge on any atom is -0.394 e. The molecule has 0 saturated carbocycles. The number of hydrogen-bond acceptors (Lipinski definition) is 5. The molecule has 6 atom stereocenters. The smallest absolute Gasteiger partial charge is 0.247 e. The molecule has 1 N–H and O–H groups in total. The average Bonchev–Trinajstić information content (AvgIpc) is 3.17. The van der Waals surface area contributed by atoms with E-state index in [-0.39, 0.29) is 35.7 Å². The van der Waals surface area contributed by atoms with Crippen molar-refractivity contribution in [3.05, 3.63) is 54.6 Å². The van der Waals surface area contributed by atoms with E-state index < -0.39 is 39.0 Å². The number of para-hydroxylation sites is 1. The van der Waals surface area contributed by atoms with Crippen LogP contribution in [0, 0.1) is 23.2 Å². The van der Waals surface area contributed by atoms with Crippen molar-refractivity contribution in [3.63, 3.8) is 0 Å². The summed E-state index contributed by atoms with van der Waals surface area (Å²) in [5.74, 6) is -1.58. The monoisotopic (exact) mass is 607 g/mol. The van der Waals surface area contributed by atoms with Crippen LogP contribution in [0.4, 0.5) is 5.69 Å². The molecule has 4 aliphatic rings. The molecule has 0 bridgehead atoms. The van der Waals surface area contributed by atoms with E-state index in [1.54, 1.807) is 21.6 Å². The normalized spacial score (nSPS) is 31.7. The SMILES string of the molecule is CC(C)C[C@H](CO)N1C(=O)[C@@H]2[C@@H]3C(=O)N(c4ccccc4)CC=C[C@]3(C)S[C@@]23C=CCN(C(C)(C)CC(C)(C)C)C(=O)C13. The van der Waals surface area contributed by atoms with Gasteiger partial charge in [0.15, 0.2) is 0 Å². The minimum atomic E-state index is -0.940. The van der Waals surface area contributed by atoms with Gasteiger partial charge < -0.3 is 19.8 Å². The predicted molar refractivity (Wildman–Crippen MR) is 174 cm³/mol. The molecule has 2 saturated heterocycles. The van der Waals surface area contributed by atoms with Crippen molar-refractivity contribution in [3.8, 4) is 0 Å². The Morgan fingerprint density at radius 2 is 1.58 bits per heavy atom. The van der Waals surface area contributed by atoms with Gasteiger partial charge in [0.05, 0.1) is 29.2 Å². The van der Waals surface area contributed by atoms with Crippen LogP contribution in [0.5, 0.6) is 0 Å². The molecule has 3 amide bonds. The van der Waals surface area contributed by atoms with Crippen molar-refractivity contribution in [2.45, 2.75) is 95.3 Å². The van der Waals surface area contributed by atoms with Crippen molar-refractivity contribution >= 4 is 35.2 Å². The van der Waals surface area contributed by atoms with Crippen LogP contribution in [0.1, 0.15) is 68.2 Å². The summed E-state index contributed by atoms with van der Waals surface area (Å²) >= 11 is 1.60. The first-order chi connectivity index (χ1) is 20.1. The lowest BCUT2D eigenvalue weighted by molar-refractivity contribution is -0.149. The van der Waals surface area contributed by atoms with E-state index in [9.17, 15) is 19.5 Å². The third-order valence-corrected chi connectivity index (χ3v) is 11.4. The molecule has 234 valence electrons. The molecule has 1 spiro atoms. The maximum Gasteiger partial charge on any atom is 0.247 e. The van der Waals surface area contributed by atoms with Crippen molar-refractivity contribution in [1.82, 2.24) is 9.80 Å². The summed E-state index contributed by atoms with van der Waals surface area (Å²) in [6.45, 7) is 17.6. The minimum absolute atomic E-state index is 0.0165. The highest BCUT2D eigenvalue weighted by atomic mass is 32.2. The zero-order chi connectivity index (χ0) is 31.5. The van der Waals surface area contributed by atoms with E-state index in [0.29, 0.717) is 19.5 Å². The van der Waals surface area contributed by atoms with Gasteiger partial charge in [0.2, 0.25) is 17.7 Å². The van der Waals surface area contributed by atoms with E-state index in [1.165, 1.54) is 0 Å². The molecule has 1 aromatic carbocycles. The maximum atomic E-state index is 15.0. The summed E-state index contributed by atoms with van der Waals surface area (Å²) in [7, 11) is 0. The van der Waals surface area contributed by atoms with Gasteiger partial charge >= 0.3 is 0 Å². The van der Waals surface area contributed by atoms with Crippen molar-refractivity contribution < 1.29 is 19.5 Å². The molecule has 8 heteroatoms. The van der Waals surface area contributed by atoms with Gasteiger partial charge in [0.25, 0.3) is 0 Å². The van der Waals surface area contributed by atoms with E-state index in [0.717, 1.165) is 12.1 Å². The fraction of sp³-hybridized carbons (Fsp3) is 0.629. The first kappa shape index (κ1) is 31.8. The Balaban J connectivity index is 1.66. The van der Waals surface area contributed by atoms with Crippen LogP contribution < -0.4 is 4.90 Å². The number of anilines is 1. The fourth-order valence-electron chi connectivity index (χ4n) is 8.45. The van der Waals surface area contributed by atoms with Gasteiger partial charge in [-0.25, -0.2) is 0 Å². The second-order valence-electron chi connectivity index (χ2n) is 15.3. The molecule has 7 nitrogen and oxygen atoms in total. The second-order valence-corrected chi connectivity index (χ2v) is 17.1. The quantitative estimate of drug-likeness (QED) is 0.426. The molecule has 43 heavy (non-hydrogen) atoms. The van der Waals surface area contributed by atoms with Crippen LogP contribution in [0.25, 0.3) is 0 Å². The van der Waals surface area contributed by atoms with Gasteiger partial charge in [-0.3, -0.25) is 14.4 Å². The van der Waals surface area contributed by atoms with Gasteiger partial charge in [-0.1, -0.05) is 77.1 Å². The van der Waals surface area contributed by atoms with Crippen LogP contribution in [-0.2, 0) is 14.4 Å². The topological polar surface area (TPSA) is 81.2 Å². The average molecular weight is 608 g/mol. The lowest BCUT2D eigenvalue weighted by Gasteiger charge is -2.46. The molecule has 0 aromatic heterocycles. The summed E-state index contributed by atoms with van der Waals surface area (Å²) in [4.78, 5) is 49.9. The number of aliphatic hydroxyl groups excluding tert-OH is 1. The van der Waals surface area contributed by atoms with Gasteiger partial charge in [-0.15, -0.1) is 11.8 Å².